The first-order valence-electron chi connectivity index (χ1n) is 6.61. The third-order valence-corrected chi connectivity index (χ3v) is 3.78. The molecule has 2 rings (SSSR count). The predicted molar refractivity (Wildman–Crippen MR) is 75.6 cm³/mol. The predicted octanol–water partition coefficient (Wildman–Crippen LogP) is 3.93. The molecule has 0 radical (unpaired) electrons. The van der Waals surface area contributed by atoms with Gasteiger partial charge in [-0.15, -0.1) is 0 Å². The van der Waals surface area contributed by atoms with Crippen LogP contribution in [0, 0.1) is 0 Å². The van der Waals surface area contributed by atoms with Crippen molar-refractivity contribution in [3.63, 3.8) is 0 Å². The summed E-state index contributed by atoms with van der Waals surface area (Å²) < 4.78 is 11.2. The quantitative estimate of drug-likeness (QED) is 0.785. The number of benzene rings is 1. The number of hydrogen-bond donors (Lipinski definition) is 0. The zero-order valence-electron chi connectivity index (χ0n) is 11.5. The van der Waals surface area contributed by atoms with Crippen molar-refractivity contribution in [2.75, 3.05) is 13.2 Å². The molecule has 0 fully saturated rings. The highest BCUT2D eigenvalue weighted by atomic mass is 35.5. The maximum atomic E-state index is 10.8. The number of rotatable bonds is 4. The van der Waals surface area contributed by atoms with E-state index in [2.05, 4.69) is 13.8 Å². The van der Waals surface area contributed by atoms with E-state index in [9.17, 15) is 4.79 Å². The maximum absolute atomic E-state index is 10.8. The molecule has 0 aromatic heterocycles. The second-order valence-corrected chi connectivity index (χ2v) is 5.55. The first-order valence-corrected chi connectivity index (χ1v) is 6.99. The number of carbonyl (C=O) groups excluding carboxylic acids is 1. The third-order valence-electron chi connectivity index (χ3n) is 3.40. The molecule has 1 aliphatic rings. The molecule has 0 bridgehead atoms. The smallest absolute Gasteiger partial charge is 0.180 e. The molecule has 19 heavy (non-hydrogen) atoms. The number of halogens is 1. The van der Waals surface area contributed by atoms with Crippen LogP contribution < -0.4 is 9.47 Å². The molecule has 0 amide bonds. The summed E-state index contributed by atoms with van der Waals surface area (Å²) >= 11 is 6.48. The van der Waals surface area contributed by atoms with Gasteiger partial charge < -0.3 is 14.3 Å². The van der Waals surface area contributed by atoms with Gasteiger partial charge in [0, 0.05) is 6.42 Å². The Balaban J connectivity index is 2.57. The summed E-state index contributed by atoms with van der Waals surface area (Å²) in [5, 5.41) is 0.625. The maximum Gasteiger partial charge on any atom is 0.180 e. The van der Waals surface area contributed by atoms with E-state index in [0.29, 0.717) is 36.2 Å². The molecular weight excluding hydrogens is 264 g/mol. The van der Waals surface area contributed by atoms with Crippen molar-refractivity contribution in [1.82, 2.24) is 0 Å². The normalized spacial score (nSPS) is 15.4. The third kappa shape index (κ3) is 2.71. The van der Waals surface area contributed by atoms with Gasteiger partial charge in [-0.05, 0) is 29.0 Å². The average molecular weight is 283 g/mol. The van der Waals surface area contributed by atoms with Crippen molar-refractivity contribution < 1.29 is 14.3 Å². The molecule has 0 aliphatic carbocycles. The van der Waals surface area contributed by atoms with Gasteiger partial charge in [-0.3, -0.25) is 0 Å². The fourth-order valence-corrected chi connectivity index (χ4v) is 2.92. The molecule has 104 valence electrons. The molecule has 0 spiro atoms. The fraction of sp³-hybridized carbons (Fsp3) is 0.533. The summed E-state index contributed by atoms with van der Waals surface area (Å²) in [5.41, 5.74) is 2.14. The van der Waals surface area contributed by atoms with Crippen LogP contribution in [0.5, 0.6) is 11.5 Å². The Morgan fingerprint density at radius 3 is 2.63 bits per heavy atom. The van der Waals surface area contributed by atoms with Crippen LogP contribution in [0.15, 0.2) is 6.07 Å². The minimum atomic E-state index is 0.128. The number of hydrogen-bond acceptors (Lipinski definition) is 3. The van der Waals surface area contributed by atoms with E-state index in [1.54, 1.807) is 0 Å². The molecule has 3 nitrogen and oxygen atoms in total. The summed E-state index contributed by atoms with van der Waals surface area (Å²) in [5.74, 6) is 1.72. The average Bonchev–Trinajstić information content (AvgIpc) is 2.38. The van der Waals surface area contributed by atoms with Crippen LogP contribution in [-0.2, 0) is 4.79 Å². The van der Waals surface area contributed by atoms with Crippen molar-refractivity contribution in [2.24, 2.45) is 0 Å². The topological polar surface area (TPSA) is 35.5 Å². The molecule has 1 heterocycles. The van der Waals surface area contributed by atoms with Crippen molar-refractivity contribution in [2.45, 2.75) is 39.0 Å². The van der Waals surface area contributed by atoms with E-state index in [1.807, 2.05) is 13.0 Å². The first-order chi connectivity index (χ1) is 9.06. The van der Waals surface area contributed by atoms with Gasteiger partial charge in [0.1, 0.15) is 19.5 Å². The summed E-state index contributed by atoms with van der Waals surface area (Å²) in [6.45, 7) is 7.27. The van der Waals surface area contributed by atoms with Gasteiger partial charge in [-0.1, -0.05) is 32.4 Å². The van der Waals surface area contributed by atoms with Gasteiger partial charge >= 0.3 is 0 Å². The number of fused-ring (bicyclic) bond motifs is 1. The van der Waals surface area contributed by atoms with Gasteiger partial charge in [0.05, 0.1) is 5.02 Å². The fourth-order valence-electron chi connectivity index (χ4n) is 2.44. The molecule has 0 saturated heterocycles. The van der Waals surface area contributed by atoms with E-state index in [4.69, 9.17) is 21.1 Å². The van der Waals surface area contributed by atoms with Gasteiger partial charge in [0.25, 0.3) is 0 Å². The van der Waals surface area contributed by atoms with E-state index >= 15 is 0 Å². The van der Waals surface area contributed by atoms with Gasteiger partial charge in [-0.25, -0.2) is 0 Å². The Morgan fingerprint density at radius 2 is 2.00 bits per heavy atom. The van der Waals surface area contributed by atoms with E-state index < -0.39 is 0 Å². The highest BCUT2D eigenvalue weighted by Crippen LogP contribution is 2.46. The van der Waals surface area contributed by atoms with Crippen LogP contribution in [-0.4, -0.2) is 19.5 Å². The van der Waals surface area contributed by atoms with Crippen LogP contribution in [0.1, 0.15) is 50.2 Å². The van der Waals surface area contributed by atoms with Crippen LogP contribution >= 0.6 is 11.6 Å². The highest BCUT2D eigenvalue weighted by molar-refractivity contribution is 6.33. The summed E-state index contributed by atoms with van der Waals surface area (Å²) in [6.07, 6.45) is 1.43. The lowest BCUT2D eigenvalue weighted by Gasteiger charge is -2.26. The van der Waals surface area contributed by atoms with Gasteiger partial charge in [0.15, 0.2) is 11.5 Å². The Hall–Kier alpha value is -1.22. The summed E-state index contributed by atoms with van der Waals surface area (Å²) in [6, 6.07) is 1.98. The Labute approximate surface area is 118 Å². The molecule has 1 aromatic rings. The lowest BCUT2D eigenvalue weighted by Crippen LogP contribution is -2.17. The molecule has 1 unspecified atom stereocenters. The highest BCUT2D eigenvalue weighted by Gasteiger charge is 2.25. The lowest BCUT2D eigenvalue weighted by molar-refractivity contribution is -0.108. The van der Waals surface area contributed by atoms with Crippen LogP contribution in [0.2, 0.25) is 5.02 Å². The molecule has 1 aliphatic heterocycles. The van der Waals surface area contributed by atoms with Crippen LogP contribution in [0.3, 0.4) is 0 Å². The largest absolute Gasteiger partial charge is 0.486 e. The minimum absolute atomic E-state index is 0.128. The lowest BCUT2D eigenvalue weighted by atomic mass is 9.87. The van der Waals surface area contributed by atoms with Crippen LogP contribution in [0.4, 0.5) is 0 Å². The zero-order chi connectivity index (χ0) is 14.0. The SMILES string of the molecule is CC(C)c1c(C(C)CC=O)cc2c(c1Cl)OCCO2. The van der Waals surface area contributed by atoms with E-state index in [0.717, 1.165) is 17.4 Å². The van der Waals surface area contributed by atoms with Gasteiger partial charge in [0.2, 0.25) is 0 Å². The van der Waals surface area contributed by atoms with Crippen molar-refractivity contribution >= 4 is 17.9 Å². The molecule has 1 atom stereocenters. The summed E-state index contributed by atoms with van der Waals surface area (Å²) in [7, 11) is 0. The Kier molecular flexibility index (Phi) is 4.35. The minimum Gasteiger partial charge on any atom is -0.486 e. The van der Waals surface area contributed by atoms with Gasteiger partial charge in [-0.2, -0.15) is 0 Å². The number of carbonyl (C=O) groups is 1. The zero-order valence-corrected chi connectivity index (χ0v) is 12.3. The molecule has 1 aromatic carbocycles. The Bertz CT molecular complexity index is 483. The van der Waals surface area contributed by atoms with Crippen LogP contribution in [0.25, 0.3) is 0 Å². The molecule has 4 heteroatoms. The first kappa shape index (κ1) is 14.2. The van der Waals surface area contributed by atoms with Crippen molar-refractivity contribution in [3.05, 3.63) is 22.2 Å². The molecule has 0 saturated carbocycles. The number of ether oxygens (including phenoxy) is 2. The molecular formula is C15H19ClO3. The van der Waals surface area contributed by atoms with E-state index in [1.165, 1.54) is 0 Å². The number of aldehydes is 1. The van der Waals surface area contributed by atoms with E-state index in [-0.39, 0.29) is 11.8 Å². The standard InChI is InChI=1S/C15H19ClO3/c1-9(2)13-11(10(3)4-5-17)8-12-15(14(13)16)19-7-6-18-12/h5,8-10H,4,6-7H2,1-3H3. The monoisotopic (exact) mass is 282 g/mol. The van der Waals surface area contributed by atoms with Crippen molar-refractivity contribution in [3.8, 4) is 11.5 Å². The summed E-state index contributed by atoms with van der Waals surface area (Å²) in [4.78, 5) is 10.8. The second-order valence-electron chi connectivity index (χ2n) is 5.18. The Morgan fingerprint density at radius 1 is 1.32 bits per heavy atom. The van der Waals surface area contributed by atoms with Crippen molar-refractivity contribution in [1.29, 1.82) is 0 Å². The second kappa shape index (κ2) is 5.83. The molecule has 0 N–H and O–H groups in total.